The lowest BCUT2D eigenvalue weighted by Crippen LogP contribution is -2.40. The number of halogens is 2. The molecule has 1 aromatic heterocycles. The van der Waals surface area contributed by atoms with Gasteiger partial charge in [0, 0.05) is 12.6 Å². The zero-order valence-electron chi connectivity index (χ0n) is 14.4. The number of carbonyl (C=O) groups excluding carboxylic acids is 1. The van der Waals surface area contributed by atoms with Crippen molar-refractivity contribution in [2.45, 2.75) is 44.7 Å². The number of hydrogen-bond donors (Lipinski definition) is 2. The van der Waals surface area contributed by atoms with Gasteiger partial charge in [-0.25, -0.2) is 4.79 Å². The summed E-state index contributed by atoms with van der Waals surface area (Å²) in [6.07, 6.45) is 1.17. The predicted octanol–water partition coefficient (Wildman–Crippen LogP) is 1.32. The standard InChI is InChI=1S/C16H21BrClN3O5/c1-8(2)13(19)15(23)26-10-5-12(25-11(10)6-18)21-7-9(3-4-17)14(22)20-16(21)24/h3-4,7-8,10-13H,5-6,19H2,1-2H3,(H,20,22,24)/b4-3+/t10-,11+,12+,13-/m0/s1. The molecule has 8 nitrogen and oxygen atoms in total. The van der Waals surface area contributed by atoms with E-state index in [1.165, 1.54) is 21.8 Å². The fourth-order valence-electron chi connectivity index (χ4n) is 2.54. The van der Waals surface area contributed by atoms with Crippen LogP contribution in [0, 0.1) is 5.92 Å². The van der Waals surface area contributed by atoms with E-state index in [-0.39, 0.29) is 23.8 Å². The Kier molecular flexibility index (Phi) is 7.22. The van der Waals surface area contributed by atoms with Crippen LogP contribution in [0.3, 0.4) is 0 Å². The van der Waals surface area contributed by atoms with Crippen LogP contribution in [0.15, 0.2) is 20.8 Å². The second kappa shape index (κ2) is 8.98. The van der Waals surface area contributed by atoms with Crippen LogP contribution in [0.5, 0.6) is 0 Å². The number of carbonyl (C=O) groups is 1. The van der Waals surface area contributed by atoms with Crippen molar-refractivity contribution in [2.75, 3.05) is 5.88 Å². The molecule has 1 saturated heterocycles. The van der Waals surface area contributed by atoms with Crippen molar-refractivity contribution in [3.63, 3.8) is 0 Å². The fourth-order valence-corrected chi connectivity index (χ4v) is 3.09. The summed E-state index contributed by atoms with van der Waals surface area (Å²) in [7, 11) is 0. The molecule has 2 rings (SSSR count). The number of H-pyrrole nitrogens is 1. The van der Waals surface area contributed by atoms with Crippen LogP contribution in [-0.2, 0) is 14.3 Å². The summed E-state index contributed by atoms with van der Waals surface area (Å²) in [5, 5.41) is 0. The van der Waals surface area contributed by atoms with E-state index in [0.717, 1.165) is 0 Å². The minimum Gasteiger partial charge on any atom is -0.458 e. The number of nitrogens with one attached hydrogen (secondary N) is 1. The van der Waals surface area contributed by atoms with E-state index >= 15 is 0 Å². The van der Waals surface area contributed by atoms with E-state index in [2.05, 4.69) is 20.9 Å². The van der Waals surface area contributed by atoms with E-state index in [0.29, 0.717) is 0 Å². The highest BCUT2D eigenvalue weighted by molar-refractivity contribution is 9.11. The van der Waals surface area contributed by atoms with Gasteiger partial charge in [-0.3, -0.25) is 19.1 Å². The smallest absolute Gasteiger partial charge is 0.330 e. The molecule has 4 atom stereocenters. The first-order valence-corrected chi connectivity index (χ1v) is 9.53. The Morgan fingerprint density at radius 1 is 1.58 bits per heavy atom. The Balaban J connectivity index is 2.23. The van der Waals surface area contributed by atoms with Gasteiger partial charge in [-0.05, 0) is 17.0 Å². The van der Waals surface area contributed by atoms with Gasteiger partial charge >= 0.3 is 11.7 Å². The molecule has 144 valence electrons. The third-order valence-electron chi connectivity index (χ3n) is 4.14. The summed E-state index contributed by atoms with van der Waals surface area (Å²) in [5.41, 5.74) is 4.95. The Morgan fingerprint density at radius 3 is 2.85 bits per heavy atom. The summed E-state index contributed by atoms with van der Waals surface area (Å²) < 4.78 is 12.5. The van der Waals surface area contributed by atoms with E-state index in [4.69, 9.17) is 26.8 Å². The maximum absolute atomic E-state index is 12.1. The first-order valence-electron chi connectivity index (χ1n) is 8.08. The molecule has 0 radical (unpaired) electrons. The normalized spacial score (nSPS) is 24.3. The molecule has 1 aliphatic rings. The van der Waals surface area contributed by atoms with Crippen molar-refractivity contribution >= 4 is 39.6 Å². The number of nitrogens with two attached hydrogens (primary N) is 1. The maximum Gasteiger partial charge on any atom is 0.330 e. The molecule has 0 spiro atoms. The van der Waals surface area contributed by atoms with Gasteiger partial charge in [-0.1, -0.05) is 29.8 Å². The molecule has 26 heavy (non-hydrogen) atoms. The van der Waals surface area contributed by atoms with Crippen molar-refractivity contribution in [2.24, 2.45) is 11.7 Å². The summed E-state index contributed by atoms with van der Waals surface area (Å²) in [6, 6.07) is -0.753. The molecule has 2 heterocycles. The Bertz CT molecular complexity index is 791. The van der Waals surface area contributed by atoms with E-state index < -0.39 is 41.7 Å². The van der Waals surface area contributed by atoms with Crippen molar-refractivity contribution in [3.8, 4) is 0 Å². The van der Waals surface area contributed by atoms with Crippen molar-refractivity contribution in [3.05, 3.63) is 37.6 Å². The minimum atomic E-state index is -0.753. The Labute approximate surface area is 163 Å². The molecular weight excluding hydrogens is 430 g/mol. The van der Waals surface area contributed by atoms with Crippen molar-refractivity contribution in [1.82, 2.24) is 9.55 Å². The molecule has 1 fully saturated rings. The van der Waals surface area contributed by atoms with Crippen molar-refractivity contribution in [1.29, 1.82) is 0 Å². The van der Waals surface area contributed by atoms with Gasteiger partial charge in [0.05, 0.1) is 11.4 Å². The minimum absolute atomic E-state index is 0.0736. The van der Waals surface area contributed by atoms with Gasteiger partial charge in [0.15, 0.2) is 0 Å². The molecule has 0 saturated carbocycles. The zero-order chi connectivity index (χ0) is 19.4. The molecule has 0 aromatic carbocycles. The molecule has 3 N–H and O–H groups in total. The van der Waals surface area contributed by atoms with Crippen LogP contribution < -0.4 is 17.0 Å². The maximum atomic E-state index is 12.1. The zero-order valence-corrected chi connectivity index (χ0v) is 16.7. The van der Waals surface area contributed by atoms with Crippen LogP contribution in [0.1, 0.15) is 32.1 Å². The van der Waals surface area contributed by atoms with Gasteiger partial charge in [-0.2, -0.15) is 0 Å². The molecule has 0 aliphatic carbocycles. The van der Waals surface area contributed by atoms with Crippen LogP contribution in [-0.4, -0.2) is 39.7 Å². The topological polar surface area (TPSA) is 116 Å². The molecule has 0 amide bonds. The molecule has 0 unspecified atom stereocenters. The lowest BCUT2D eigenvalue weighted by molar-refractivity contribution is -0.154. The summed E-state index contributed by atoms with van der Waals surface area (Å²) in [4.78, 5) is 39.8. The number of ether oxygens (including phenoxy) is 2. The molecule has 10 heteroatoms. The summed E-state index contributed by atoms with van der Waals surface area (Å²) >= 11 is 9.01. The van der Waals surface area contributed by atoms with Crippen LogP contribution in [0.2, 0.25) is 0 Å². The number of aromatic nitrogens is 2. The number of hydrogen-bond acceptors (Lipinski definition) is 6. The number of alkyl halides is 1. The van der Waals surface area contributed by atoms with Crippen LogP contribution in [0.25, 0.3) is 6.08 Å². The SMILES string of the molecule is CC(C)[C@H](N)C(=O)O[C@H]1C[C@H](n2cc(/C=C/Br)c(=O)[nH]c2=O)O[C@@H]1CCl. The largest absolute Gasteiger partial charge is 0.458 e. The second-order valence-electron chi connectivity index (χ2n) is 6.31. The third kappa shape index (κ3) is 4.64. The Morgan fingerprint density at radius 2 is 2.27 bits per heavy atom. The second-order valence-corrected chi connectivity index (χ2v) is 7.15. The number of aromatic amines is 1. The summed E-state index contributed by atoms with van der Waals surface area (Å²) in [6.45, 7) is 3.63. The van der Waals surface area contributed by atoms with Gasteiger partial charge in [0.1, 0.15) is 24.5 Å². The first-order chi connectivity index (χ1) is 12.3. The molecule has 1 aromatic rings. The number of esters is 1. The van der Waals surface area contributed by atoms with Gasteiger partial charge in [0.2, 0.25) is 0 Å². The van der Waals surface area contributed by atoms with Crippen LogP contribution in [0.4, 0.5) is 0 Å². The molecule has 0 bridgehead atoms. The van der Waals surface area contributed by atoms with E-state index in [1.54, 1.807) is 0 Å². The lowest BCUT2D eigenvalue weighted by atomic mass is 10.1. The Hall–Kier alpha value is -1.42. The van der Waals surface area contributed by atoms with Gasteiger partial charge in [-0.15, -0.1) is 11.6 Å². The highest BCUT2D eigenvalue weighted by atomic mass is 79.9. The monoisotopic (exact) mass is 449 g/mol. The van der Waals surface area contributed by atoms with Crippen molar-refractivity contribution < 1.29 is 14.3 Å². The average Bonchev–Trinajstić information content (AvgIpc) is 2.99. The van der Waals surface area contributed by atoms with Gasteiger partial charge < -0.3 is 15.2 Å². The first kappa shape index (κ1) is 20.9. The van der Waals surface area contributed by atoms with Crippen LogP contribution >= 0.6 is 27.5 Å². The predicted molar refractivity (Wildman–Crippen MR) is 101 cm³/mol. The van der Waals surface area contributed by atoms with E-state index in [9.17, 15) is 14.4 Å². The lowest BCUT2D eigenvalue weighted by Gasteiger charge is -2.20. The van der Waals surface area contributed by atoms with E-state index in [1.807, 2.05) is 13.8 Å². The quantitative estimate of drug-likeness (QED) is 0.499. The highest BCUT2D eigenvalue weighted by Crippen LogP contribution is 2.31. The fraction of sp³-hybridized carbons (Fsp3) is 0.562. The van der Waals surface area contributed by atoms with Gasteiger partial charge in [0.25, 0.3) is 5.56 Å². The average molecular weight is 451 g/mol. The molecular formula is C16H21BrClN3O5. The highest BCUT2D eigenvalue weighted by Gasteiger charge is 2.39. The summed E-state index contributed by atoms with van der Waals surface area (Å²) in [5.74, 6) is -0.533. The number of rotatable bonds is 6. The molecule has 1 aliphatic heterocycles. The number of nitrogens with zero attached hydrogens (tertiary/aromatic N) is 1. The third-order valence-corrected chi connectivity index (χ3v) is 4.71.